The fraction of sp³-hybridized carbons (Fsp3) is 0.300. The lowest BCUT2D eigenvalue weighted by Crippen LogP contribution is -3.26. The third kappa shape index (κ3) is 3.34. The Labute approximate surface area is 153 Å². The number of azo groups is 1. The average Bonchev–Trinajstić information content (AvgIpc) is 2.94. The molecule has 1 fully saturated rings. The van der Waals surface area contributed by atoms with Crippen molar-refractivity contribution in [2.75, 3.05) is 33.2 Å². The average molecular weight is 351 g/mol. The molecule has 1 aromatic heterocycles. The van der Waals surface area contributed by atoms with Crippen molar-refractivity contribution in [3.05, 3.63) is 54.6 Å². The molecule has 0 saturated carbocycles. The summed E-state index contributed by atoms with van der Waals surface area (Å²) in [7, 11) is 2.24. The van der Waals surface area contributed by atoms with Gasteiger partial charge in [0.1, 0.15) is 26.2 Å². The Hall–Kier alpha value is -2.70. The van der Waals surface area contributed by atoms with Gasteiger partial charge in [-0.2, -0.15) is 5.11 Å². The van der Waals surface area contributed by atoms with Gasteiger partial charge in [0.25, 0.3) is 0 Å². The number of hydrogen-bond acceptors (Lipinski definition) is 3. The fourth-order valence-electron chi connectivity index (χ4n) is 3.54. The van der Waals surface area contributed by atoms with Crippen LogP contribution in [0.1, 0.15) is 0 Å². The second kappa shape index (κ2) is 7.27. The summed E-state index contributed by atoms with van der Waals surface area (Å²) >= 11 is 0. The van der Waals surface area contributed by atoms with Gasteiger partial charge in [-0.1, -0.05) is 36.4 Å². The van der Waals surface area contributed by atoms with Crippen molar-refractivity contribution in [2.24, 2.45) is 10.2 Å². The molecule has 0 unspecified atom stereocenters. The summed E-state index contributed by atoms with van der Waals surface area (Å²) in [4.78, 5) is 3.06. The SMILES string of the molecule is C[NH+]1CC[NH+](Cn2c(O)c(N=Nc3ccccc3)c3ccccc32)CC1. The normalized spacial score (nSPS) is 20.8. The van der Waals surface area contributed by atoms with E-state index in [1.807, 2.05) is 59.2 Å². The van der Waals surface area contributed by atoms with Crippen LogP contribution in [0.25, 0.3) is 10.9 Å². The van der Waals surface area contributed by atoms with Crippen LogP contribution in [0, 0.1) is 0 Å². The van der Waals surface area contributed by atoms with Crippen LogP contribution in [0.3, 0.4) is 0 Å². The molecule has 0 bridgehead atoms. The Balaban J connectivity index is 1.68. The number of hydrogen-bond donors (Lipinski definition) is 3. The highest BCUT2D eigenvalue weighted by Crippen LogP contribution is 2.38. The Morgan fingerprint density at radius 1 is 0.923 bits per heavy atom. The van der Waals surface area contributed by atoms with Crippen LogP contribution < -0.4 is 9.80 Å². The summed E-state index contributed by atoms with van der Waals surface area (Å²) < 4.78 is 1.98. The zero-order valence-corrected chi connectivity index (χ0v) is 15.0. The highest BCUT2D eigenvalue weighted by atomic mass is 16.3. The van der Waals surface area contributed by atoms with Crippen LogP contribution in [-0.4, -0.2) is 42.9 Å². The first-order valence-corrected chi connectivity index (χ1v) is 9.14. The molecule has 6 nitrogen and oxygen atoms in total. The third-order valence-electron chi connectivity index (χ3n) is 5.13. The number of piperazine rings is 1. The molecule has 0 amide bonds. The van der Waals surface area contributed by atoms with E-state index in [1.165, 1.54) is 4.90 Å². The van der Waals surface area contributed by atoms with Crippen molar-refractivity contribution in [1.82, 2.24) is 4.57 Å². The summed E-state index contributed by atoms with van der Waals surface area (Å²) in [6.45, 7) is 5.30. The van der Waals surface area contributed by atoms with E-state index < -0.39 is 0 Å². The number of rotatable bonds is 4. The molecule has 0 spiro atoms. The summed E-state index contributed by atoms with van der Waals surface area (Å²) in [5.74, 6) is 0.199. The molecule has 6 heteroatoms. The van der Waals surface area contributed by atoms with Gasteiger partial charge in [0.15, 0.2) is 12.4 Å². The second-order valence-corrected chi connectivity index (χ2v) is 7.02. The maximum atomic E-state index is 10.9. The van der Waals surface area contributed by atoms with Crippen LogP contribution in [0.2, 0.25) is 0 Å². The van der Waals surface area contributed by atoms with E-state index in [0.29, 0.717) is 5.69 Å². The minimum atomic E-state index is 0.199. The molecular formula is C20H25N5O+2. The van der Waals surface area contributed by atoms with Gasteiger partial charge in [0.2, 0.25) is 5.88 Å². The summed E-state index contributed by atoms with van der Waals surface area (Å²) in [5.41, 5.74) is 2.32. The molecule has 3 N–H and O–H groups in total. The smallest absolute Gasteiger partial charge is 0.225 e. The maximum Gasteiger partial charge on any atom is 0.225 e. The van der Waals surface area contributed by atoms with Crippen molar-refractivity contribution >= 4 is 22.3 Å². The molecule has 0 atom stereocenters. The number of likely N-dealkylation sites (N-methyl/N-ethyl adjacent to an activating group) is 1. The number of nitrogens with one attached hydrogen (secondary N) is 2. The van der Waals surface area contributed by atoms with Crippen molar-refractivity contribution in [1.29, 1.82) is 0 Å². The number of aromatic nitrogens is 1. The van der Waals surface area contributed by atoms with Gasteiger partial charge in [-0.3, -0.25) is 4.57 Å². The lowest BCUT2D eigenvalue weighted by molar-refractivity contribution is -1.01. The molecule has 1 aliphatic rings. The number of fused-ring (bicyclic) bond motifs is 1. The van der Waals surface area contributed by atoms with Gasteiger partial charge in [-0.25, -0.2) is 0 Å². The number of aromatic hydroxyl groups is 1. The molecule has 1 saturated heterocycles. The molecule has 3 aromatic rings. The van der Waals surface area contributed by atoms with Gasteiger partial charge >= 0.3 is 0 Å². The van der Waals surface area contributed by atoms with E-state index in [-0.39, 0.29) is 5.88 Å². The lowest BCUT2D eigenvalue weighted by atomic mass is 10.2. The molecule has 4 rings (SSSR count). The van der Waals surface area contributed by atoms with E-state index in [4.69, 9.17) is 0 Å². The zero-order valence-electron chi connectivity index (χ0n) is 15.0. The minimum absolute atomic E-state index is 0.199. The first-order valence-electron chi connectivity index (χ1n) is 9.14. The molecule has 2 heterocycles. The van der Waals surface area contributed by atoms with Crippen molar-refractivity contribution in [3.8, 4) is 5.88 Å². The third-order valence-corrected chi connectivity index (χ3v) is 5.13. The monoisotopic (exact) mass is 351 g/mol. The van der Waals surface area contributed by atoms with Crippen LogP contribution in [0.15, 0.2) is 64.8 Å². The molecule has 0 radical (unpaired) electrons. The number of benzene rings is 2. The van der Waals surface area contributed by atoms with Crippen LogP contribution >= 0.6 is 0 Å². The lowest BCUT2D eigenvalue weighted by Gasteiger charge is -2.27. The van der Waals surface area contributed by atoms with Crippen LogP contribution in [0.5, 0.6) is 5.88 Å². The topological polar surface area (TPSA) is 58.8 Å². The van der Waals surface area contributed by atoms with Gasteiger partial charge < -0.3 is 14.9 Å². The molecule has 1 aliphatic heterocycles. The van der Waals surface area contributed by atoms with Crippen molar-refractivity contribution in [3.63, 3.8) is 0 Å². The summed E-state index contributed by atoms with van der Waals surface area (Å²) in [5, 5.41) is 20.5. The first-order chi connectivity index (χ1) is 12.7. The summed E-state index contributed by atoms with van der Waals surface area (Å²) in [6.07, 6.45) is 0. The second-order valence-electron chi connectivity index (χ2n) is 7.02. The first kappa shape index (κ1) is 16.8. The van der Waals surface area contributed by atoms with Crippen LogP contribution in [-0.2, 0) is 6.67 Å². The predicted molar refractivity (Wildman–Crippen MR) is 102 cm³/mol. The van der Waals surface area contributed by atoms with E-state index in [0.717, 1.165) is 49.4 Å². The van der Waals surface area contributed by atoms with E-state index in [9.17, 15) is 5.11 Å². The largest absolute Gasteiger partial charge is 0.493 e. The summed E-state index contributed by atoms with van der Waals surface area (Å²) in [6, 6.07) is 17.6. The molecule has 0 aliphatic carbocycles. The molecular weight excluding hydrogens is 326 g/mol. The van der Waals surface area contributed by atoms with Crippen LogP contribution in [0.4, 0.5) is 11.4 Å². The van der Waals surface area contributed by atoms with E-state index in [1.54, 1.807) is 4.90 Å². The Morgan fingerprint density at radius 2 is 1.62 bits per heavy atom. The van der Waals surface area contributed by atoms with E-state index >= 15 is 0 Å². The van der Waals surface area contributed by atoms with Crippen molar-refractivity contribution < 1.29 is 14.9 Å². The number of quaternary nitrogens is 2. The fourth-order valence-corrected chi connectivity index (χ4v) is 3.54. The van der Waals surface area contributed by atoms with Gasteiger partial charge in [-0.15, -0.1) is 5.11 Å². The molecule has 134 valence electrons. The quantitative estimate of drug-likeness (QED) is 0.607. The Morgan fingerprint density at radius 3 is 2.38 bits per heavy atom. The highest BCUT2D eigenvalue weighted by Gasteiger charge is 2.24. The molecule has 26 heavy (non-hydrogen) atoms. The van der Waals surface area contributed by atoms with Gasteiger partial charge in [0.05, 0.1) is 18.3 Å². The minimum Gasteiger partial charge on any atom is -0.493 e. The van der Waals surface area contributed by atoms with Gasteiger partial charge in [0, 0.05) is 5.39 Å². The maximum absolute atomic E-state index is 10.9. The number of para-hydroxylation sites is 1. The zero-order chi connectivity index (χ0) is 17.9. The highest BCUT2D eigenvalue weighted by molar-refractivity contribution is 5.94. The molecule has 2 aromatic carbocycles. The van der Waals surface area contributed by atoms with Crippen molar-refractivity contribution in [2.45, 2.75) is 6.67 Å². The standard InChI is InChI=1S/C20H23N5O/c1-23-11-13-24(14-12-23)15-25-18-10-6-5-9-17(18)19(20(25)26)22-21-16-7-3-2-4-8-16/h2-10,26H,11-15H2,1H3/p+2. The number of nitrogens with zero attached hydrogens (tertiary/aromatic N) is 3. The Bertz CT molecular complexity index is 911. The Kier molecular flexibility index (Phi) is 4.69. The predicted octanol–water partition coefficient (Wildman–Crippen LogP) is 1.13. The van der Waals surface area contributed by atoms with Gasteiger partial charge in [-0.05, 0) is 18.2 Å². The van der Waals surface area contributed by atoms with E-state index in [2.05, 4.69) is 17.3 Å².